The minimum absolute atomic E-state index is 0.108. The molecule has 0 bridgehead atoms. The lowest BCUT2D eigenvalue weighted by atomic mass is 10.0. The molecule has 2 nitrogen and oxygen atoms in total. The monoisotopic (exact) mass is 310 g/mol. The third-order valence-electron chi connectivity index (χ3n) is 3.07. The van der Waals surface area contributed by atoms with E-state index in [9.17, 15) is 27.2 Å². The van der Waals surface area contributed by atoms with Crippen molar-refractivity contribution in [3.63, 3.8) is 0 Å². The van der Waals surface area contributed by atoms with Gasteiger partial charge in [0.15, 0.2) is 0 Å². The zero-order valence-electron chi connectivity index (χ0n) is 11.1. The molecule has 0 aliphatic carbocycles. The summed E-state index contributed by atoms with van der Waals surface area (Å²) in [5.74, 6) is -2.52. The summed E-state index contributed by atoms with van der Waals surface area (Å²) >= 11 is 0. The Kier molecular flexibility index (Phi) is 4.70. The second kappa shape index (κ2) is 6.51. The number of benzene rings is 2. The SMILES string of the molecule is O=C(c1ccc(-c2ccc(C(=O)C(F)F)cc2)cc1)C(F)F. The average molecular weight is 310 g/mol. The van der Waals surface area contributed by atoms with Crippen LogP contribution >= 0.6 is 0 Å². The van der Waals surface area contributed by atoms with Crippen molar-refractivity contribution in [2.75, 3.05) is 0 Å². The fourth-order valence-corrected chi connectivity index (χ4v) is 1.91. The van der Waals surface area contributed by atoms with Gasteiger partial charge in [-0.15, -0.1) is 0 Å². The van der Waals surface area contributed by atoms with E-state index in [0.717, 1.165) is 0 Å². The Labute approximate surface area is 123 Å². The molecule has 6 heteroatoms. The van der Waals surface area contributed by atoms with E-state index in [1.165, 1.54) is 48.5 Å². The van der Waals surface area contributed by atoms with Gasteiger partial charge in [-0.3, -0.25) is 9.59 Å². The summed E-state index contributed by atoms with van der Waals surface area (Å²) in [5, 5.41) is 0. The number of Topliss-reactive ketones (excluding diaryl/α,β-unsaturated/α-hetero) is 2. The third kappa shape index (κ3) is 3.39. The molecule has 0 radical (unpaired) electrons. The van der Waals surface area contributed by atoms with Gasteiger partial charge in [0.1, 0.15) is 0 Å². The molecule has 114 valence electrons. The number of hydrogen-bond donors (Lipinski definition) is 0. The second-order valence-electron chi connectivity index (χ2n) is 4.48. The molecule has 0 saturated carbocycles. The number of carbonyl (C=O) groups is 2. The highest BCUT2D eigenvalue weighted by Crippen LogP contribution is 2.22. The summed E-state index contributed by atoms with van der Waals surface area (Å²) in [6.07, 6.45) is -6.13. The molecular weight excluding hydrogens is 300 g/mol. The summed E-state index contributed by atoms with van der Waals surface area (Å²) in [4.78, 5) is 22.2. The van der Waals surface area contributed by atoms with Gasteiger partial charge in [-0.05, 0) is 11.1 Å². The highest BCUT2D eigenvalue weighted by atomic mass is 19.3. The van der Waals surface area contributed by atoms with Crippen LogP contribution in [0.2, 0.25) is 0 Å². The van der Waals surface area contributed by atoms with Crippen LogP contribution in [0.3, 0.4) is 0 Å². The van der Waals surface area contributed by atoms with Gasteiger partial charge >= 0.3 is 12.9 Å². The Morgan fingerprint density at radius 2 is 0.864 bits per heavy atom. The number of hydrogen-bond acceptors (Lipinski definition) is 2. The van der Waals surface area contributed by atoms with Crippen LogP contribution in [0.1, 0.15) is 20.7 Å². The molecule has 0 atom stereocenters. The van der Waals surface area contributed by atoms with Crippen LogP contribution in [0.25, 0.3) is 11.1 Å². The number of rotatable bonds is 5. The number of alkyl halides is 4. The second-order valence-corrected chi connectivity index (χ2v) is 4.48. The van der Waals surface area contributed by atoms with Crippen molar-refractivity contribution in [3.8, 4) is 11.1 Å². The fraction of sp³-hybridized carbons (Fsp3) is 0.125. The normalized spacial score (nSPS) is 11.0. The lowest BCUT2D eigenvalue weighted by Gasteiger charge is -2.05. The number of ketones is 2. The highest BCUT2D eigenvalue weighted by molar-refractivity contribution is 5.99. The standard InChI is InChI=1S/C16H10F4O2/c17-15(18)13(21)11-5-1-9(2-6-11)10-3-7-12(8-4-10)14(22)16(19)20/h1-8,15-16H. The van der Waals surface area contributed by atoms with Gasteiger partial charge in [0.2, 0.25) is 11.6 Å². The molecule has 2 aromatic rings. The number of halogens is 4. The molecule has 0 unspecified atom stereocenters. The molecule has 22 heavy (non-hydrogen) atoms. The molecular formula is C16H10F4O2. The van der Waals surface area contributed by atoms with E-state index in [1.807, 2.05) is 0 Å². The third-order valence-corrected chi connectivity index (χ3v) is 3.07. The van der Waals surface area contributed by atoms with E-state index in [2.05, 4.69) is 0 Å². The molecule has 0 spiro atoms. The van der Waals surface area contributed by atoms with Crippen molar-refractivity contribution < 1.29 is 27.2 Å². The first-order valence-corrected chi connectivity index (χ1v) is 6.25. The Bertz CT molecular complexity index is 615. The van der Waals surface area contributed by atoms with Crippen LogP contribution in [0, 0.1) is 0 Å². The minimum Gasteiger partial charge on any atom is -0.288 e. The molecule has 0 amide bonds. The van der Waals surface area contributed by atoms with E-state index < -0.39 is 24.4 Å². The Balaban J connectivity index is 2.22. The van der Waals surface area contributed by atoms with Gasteiger partial charge in [0, 0.05) is 11.1 Å². The van der Waals surface area contributed by atoms with E-state index >= 15 is 0 Å². The Morgan fingerprint density at radius 1 is 0.591 bits per heavy atom. The maximum absolute atomic E-state index is 12.3. The molecule has 2 rings (SSSR count). The van der Waals surface area contributed by atoms with Crippen molar-refractivity contribution in [2.24, 2.45) is 0 Å². The maximum Gasteiger partial charge on any atom is 0.300 e. The lowest BCUT2D eigenvalue weighted by molar-refractivity contribution is 0.0676. The quantitative estimate of drug-likeness (QED) is 0.611. The largest absolute Gasteiger partial charge is 0.300 e. The van der Waals surface area contributed by atoms with E-state index in [1.54, 1.807) is 0 Å². The van der Waals surface area contributed by atoms with Crippen LogP contribution in [0.5, 0.6) is 0 Å². The summed E-state index contributed by atoms with van der Waals surface area (Å²) in [6.45, 7) is 0. The van der Waals surface area contributed by atoms with Crippen molar-refractivity contribution in [1.29, 1.82) is 0 Å². The summed E-state index contributed by atoms with van der Waals surface area (Å²) in [7, 11) is 0. The molecule has 0 saturated heterocycles. The smallest absolute Gasteiger partial charge is 0.288 e. The Morgan fingerprint density at radius 3 is 1.09 bits per heavy atom. The topological polar surface area (TPSA) is 34.1 Å². The van der Waals surface area contributed by atoms with Crippen molar-refractivity contribution in [2.45, 2.75) is 12.9 Å². The molecule has 0 heterocycles. The highest BCUT2D eigenvalue weighted by Gasteiger charge is 2.18. The van der Waals surface area contributed by atoms with Gasteiger partial charge < -0.3 is 0 Å². The molecule has 0 aromatic heterocycles. The average Bonchev–Trinajstić information content (AvgIpc) is 2.53. The minimum atomic E-state index is -3.06. The molecule has 0 aliphatic rings. The predicted octanol–water partition coefficient (Wildman–Crippen LogP) is 4.25. The van der Waals surface area contributed by atoms with Crippen LogP contribution in [0.4, 0.5) is 17.6 Å². The van der Waals surface area contributed by atoms with Crippen LogP contribution in [-0.4, -0.2) is 24.4 Å². The first kappa shape index (κ1) is 15.9. The van der Waals surface area contributed by atoms with Gasteiger partial charge in [0.25, 0.3) is 0 Å². The zero-order valence-corrected chi connectivity index (χ0v) is 11.1. The summed E-state index contributed by atoms with van der Waals surface area (Å²) < 4.78 is 49.1. The lowest BCUT2D eigenvalue weighted by Crippen LogP contribution is -2.10. The predicted molar refractivity (Wildman–Crippen MR) is 72.5 cm³/mol. The molecule has 2 aromatic carbocycles. The summed E-state index contributed by atoms with van der Waals surface area (Å²) in [6, 6.07) is 11.0. The van der Waals surface area contributed by atoms with E-state index in [0.29, 0.717) is 11.1 Å². The summed E-state index contributed by atoms with van der Waals surface area (Å²) in [5.41, 5.74) is 1.01. The van der Waals surface area contributed by atoms with Crippen LogP contribution in [0.15, 0.2) is 48.5 Å². The van der Waals surface area contributed by atoms with Crippen LogP contribution < -0.4 is 0 Å². The van der Waals surface area contributed by atoms with E-state index in [4.69, 9.17) is 0 Å². The molecule has 0 fully saturated rings. The number of carbonyl (C=O) groups excluding carboxylic acids is 2. The van der Waals surface area contributed by atoms with Gasteiger partial charge in [-0.2, -0.15) is 0 Å². The Hall–Kier alpha value is -2.50. The first-order valence-electron chi connectivity index (χ1n) is 6.25. The van der Waals surface area contributed by atoms with Gasteiger partial charge in [0.05, 0.1) is 0 Å². The van der Waals surface area contributed by atoms with Crippen LogP contribution in [-0.2, 0) is 0 Å². The molecule has 0 N–H and O–H groups in total. The fourth-order valence-electron chi connectivity index (χ4n) is 1.91. The van der Waals surface area contributed by atoms with E-state index in [-0.39, 0.29) is 11.1 Å². The first-order chi connectivity index (χ1) is 10.4. The maximum atomic E-state index is 12.3. The van der Waals surface area contributed by atoms with Crippen molar-refractivity contribution in [1.82, 2.24) is 0 Å². The van der Waals surface area contributed by atoms with Gasteiger partial charge in [-0.1, -0.05) is 48.5 Å². The zero-order chi connectivity index (χ0) is 16.3. The molecule has 0 aliphatic heterocycles. The van der Waals surface area contributed by atoms with Crippen molar-refractivity contribution in [3.05, 3.63) is 59.7 Å². The van der Waals surface area contributed by atoms with Crippen molar-refractivity contribution >= 4 is 11.6 Å². The van der Waals surface area contributed by atoms with Gasteiger partial charge in [-0.25, -0.2) is 17.6 Å².